The van der Waals surface area contributed by atoms with E-state index >= 15 is 0 Å². The lowest BCUT2D eigenvalue weighted by Gasteiger charge is -2.36. The molecule has 3 unspecified atom stereocenters. The van der Waals surface area contributed by atoms with E-state index in [4.69, 9.17) is 32.7 Å². The number of carbonyl (C=O) groups is 1. The van der Waals surface area contributed by atoms with Crippen molar-refractivity contribution in [1.29, 1.82) is 0 Å². The zero-order chi connectivity index (χ0) is 19.4. The van der Waals surface area contributed by atoms with Gasteiger partial charge in [-0.2, -0.15) is 0 Å². The molecule has 3 aliphatic carbocycles. The molecule has 1 aliphatic heterocycles. The highest BCUT2D eigenvalue weighted by atomic mass is 35.5. The summed E-state index contributed by atoms with van der Waals surface area (Å²) in [6.07, 6.45) is 6.24. The van der Waals surface area contributed by atoms with Gasteiger partial charge in [0.15, 0.2) is 6.23 Å². The highest BCUT2D eigenvalue weighted by Crippen LogP contribution is 2.59. The summed E-state index contributed by atoms with van der Waals surface area (Å²) in [5.74, 6) is 0.104. The summed E-state index contributed by atoms with van der Waals surface area (Å²) in [7, 11) is 0. The van der Waals surface area contributed by atoms with Crippen molar-refractivity contribution in [3.63, 3.8) is 0 Å². The Morgan fingerprint density at radius 3 is 2.96 bits per heavy atom. The number of rotatable bonds is 2. The SMILES string of the molecule is CCOC(=O)OC1NC=C(Cl)C2=C1C1C(=C(Cl)C2)C2C=CCc3cccc1c32. The van der Waals surface area contributed by atoms with Crippen LogP contribution in [0.1, 0.15) is 41.9 Å². The number of benzene rings is 1. The molecule has 4 nitrogen and oxygen atoms in total. The largest absolute Gasteiger partial charge is 0.510 e. The first kappa shape index (κ1) is 17.9. The zero-order valence-electron chi connectivity index (χ0n) is 15.3. The van der Waals surface area contributed by atoms with Crippen LogP contribution in [0.15, 0.2) is 63.3 Å². The van der Waals surface area contributed by atoms with Crippen molar-refractivity contribution in [2.75, 3.05) is 6.61 Å². The van der Waals surface area contributed by atoms with Gasteiger partial charge in [0.25, 0.3) is 0 Å². The average molecular weight is 416 g/mol. The second-order valence-electron chi connectivity index (χ2n) is 7.27. The second kappa shape index (κ2) is 6.71. The maximum Gasteiger partial charge on any atom is 0.510 e. The van der Waals surface area contributed by atoms with E-state index in [1.54, 1.807) is 13.1 Å². The Bertz CT molecular complexity index is 1010. The van der Waals surface area contributed by atoms with E-state index in [2.05, 4.69) is 35.7 Å². The molecule has 28 heavy (non-hydrogen) atoms. The number of dihydropyridines is 1. The monoisotopic (exact) mass is 415 g/mol. The molecule has 3 atom stereocenters. The van der Waals surface area contributed by atoms with Gasteiger partial charge in [-0.1, -0.05) is 53.6 Å². The van der Waals surface area contributed by atoms with Crippen molar-refractivity contribution in [2.45, 2.75) is 37.8 Å². The molecule has 1 N–H and O–H groups in total. The Hall–Kier alpha value is -2.17. The molecule has 0 saturated heterocycles. The molecule has 1 aromatic rings. The highest BCUT2D eigenvalue weighted by Gasteiger charge is 2.47. The Morgan fingerprint density at radius 2 is 2.14 bits per heavy atom. The van der Waals surface area contributed by atoms with Crippen LogP contribution in [0, 0.1) is 0 Å². The molecule has 144 valence electrons. The van der Waals surface area contributed by atoms with Crippen LogP contribution in [0.2, 0.25) is 0 Å². The molecule has 0 bridgehead atoms. The van der Waals surface area contributed by atoms with E-state index < -0.39 is 12.4 Å². The number of fused-ring (bicyclic) bond motifs is 4. The minimum absolute atomic E-state index is 0.0617. The minimum atomic E-state index is -0.701. The summed E-state index contributed by atoms with van der Waals surface area (Å²) in [6, 6.07) is 6.41. The summed E-state index contributed by atoms with van der Waals surface area (Å²) >= 11 is 13.3. The van der Waals surface area contributed by atoms with Crippen molar-refractivity contribution in [1.82, 2.24) is 5.32 Å². The van der Waals surface area contributed by atoms with Gasteiger partial charge >= 0.3 is 6.16 Å². The summed E-state index contributed by atoms with van der Waals surface area (Å²) in [6.45, 7) is 2.01. The lowest BCUT2D eigenvalue weighted by Crippen LogP contribution is -2.39. The van der Waals surface area contributed by atoms with Gasteiger partial charge in [-0.05, 0) is 41.2 Å². The molecule has 0 amide bonds. The standard InChI is InChI=1S/C22H19Cl2NO3/c1-2-27-22(26)28-21-20-14(16(24)10-25-21)9-15(23)18-12-7-3-5-11-6-4-8-13(17(11)12)19(18)20/h3-4,6-8,10,12,19,21,25H,2,5,9H2,1H3. The second-order valence-corrected chi connectivity index (χ2v) is 8.14. The van der Waals surface area contributed by atoms with E-state index in [9.17, 15) is 4.79 Å². The molecule has 1 heterocycles. The van der Waals surface area contributed by atoms with Gasteiger partial charge in [-0.15, -0.1) is 0 Å². The van der Waals surface area contributed by atoms with Gasteiger partial charge in [0.2, 0.25) is 0 Å². The number of halogens is 2. The van der Waals surface area contributed by atoms with Gasteiger partial charge in [-0.25, -0.2) is 4.79 Å². The molecule has 0 radical (unpaired) electrons. The number of allylic oxidation sites excluding steroid dienone is 6. The van der Waals surface area contributed by atoms with Crippen LogP contribution in [-0.2, 0) is 15.9 Å². The van der Waals surface area contributed by atoms with E-state index in [0.717, 1.165) is 22.6 Å². The van der Waals surface area contributed by atoms with Crippen LogP contribution >= 0.6 is 23.2 Å². The molecule has 5 rings (SSSR count). The zero-order valence-corrected chi connectivity index (χ0v) is 16.8. The van der Waals surface area contributed by atoms with Gasteiger partial charge < -0.3 is 14.8 Å². The maximum atomic E-state index is 12.0. The molecule has 0 aromatic heterocycles. The number of carbonyl (C=O) groups excluding carboxylic acids is 1. The third-order valence-corrected chi connectivity index (χ3v) is 6.57. The average Bonchev–Trinajstić information content (AvgIpc) is 3.02. The fourth-order valence-corrected chi connectivity index (χ4v) is 5.47. The van der Waals surface area contributed by atoms with Crippen LogP contribution in [0.4, 0.5) is 4.79 Å². The van der Waals surface area contributed by atoms with Crippen LogP contribution in [0.3, 0.4) is 0 Å². The molecule has 1 aromatic carbocycles. The predicted molar refractivity (Wildman–Crippen MR) is 108 cm³/mol. The van der Waals surface area contributed by atoms with Crippen LogP contribution < -0.4 is 5.32 Å². The fourth-order valence-electron chi connectivity index (χ4n) is 4.87. The number of ether oxygens (including phenoxy) is 2. The number of nitrogens with one attached hydrogen (secondary N) is 1. The molecule has 4 aliphatic rings. The molecule has 0 saturated carbocycles. The first-order chi connectivity index (χ1) is 13.6. The smallest absolute Gasteiger partial charge is 0.435 e. The lowest BCUT2D eigenvalue weighted by molar-refractivity contribution is 0.0290. The topological polar surface area (TPSA) is 47.6 Å². The molecule has 6 heteroatoms. The third-order valence-electron chi connectivity index (χ3n) is 5.88. The van der Waals surface area contributed by atoms with Crippen LogP contribution in [-0.4, -0.2) is 19.0 Å². The van der Waals surface area contributed by atoms with Crippen molar-refractivity contribution >= 4 is 29.4 Å². The predicted octanol–water partition coefficient (Wildman–Crippen LogP) is 5.36. The molecule has 0 spiro atoms. The third kappa shape index (κ3) is 2.55. The Kier molecular flexibility index (Phi) is 4.29. The normalized spacial score (nSPS) is 26.8. The summed E-state index contributed by atoms with van der Waals surface area (Å²) < 4.78 is 10.6. The first-order valence-corrected chi connectivity index (χ1v) is 10.2. The van der Waals surface area contributed by atoms with Crippen molar-refractivity contribution < 1.29 is 14.3 Å². The Labute approximate surface area is 173 Å². The van der Waals surface area contributed by atoms with E-state index in [1.807, 2.05) is 0 Å². The molecular weight excluding hydrogens is 397 g/mol. The van der Waals surface area contributed by atoms with E-state index in [0.29, 0.717) is 11.5 Å². The first-order valence-electron chi connectivity index (χ1n) is 9.45. The highest BCUT2D eigenvalue weighted by molar-refractivity contribution is 6.34. The van der Waals surface area contributed by atoms with Gasteiger partial charge in [0.05, 0.1) is 11.6 Å². The lowest BCUT2D eigenvalue weighted by atomic mass is 9.77. The fraction of sp³-hybridized carbons (Fsp3) is 0.318. The Balaban J connectivity index is 1.66. The van der Waals surface area contributed by atoms with Crippen LogP contribution in [0.5, 0.6) is 0 Å². The summed E-state index contributed by atoms with van der Waals surface area (Å²) in [5, 5.41) is 4.54. The van der Waals surface area contributed by atoms with Crippen molar-refractivity contribution in [3.8, 4) is 0 Å². The van der Waals surface area contributed by atoms with Gasteiger partial charge in [-0.3, -0.25) is 0 Å². The maximum absolute atomic E-state index is 12.0. The Morgan fingerprint density at radius 1 is 1.29 bits per heavy atom. The van der Waals surface area contributed by atoms with E-state index in [-0.39, 0.29) is 18.4 Å². The number of hydrogen-bond acceptors (Lipinski definition) is 4. The minimum Gasteiger partial charge on any atom is -0.435 e. The number of hydrogen-bond donors (Lipinski definition) is 1. The van der Waals surface area contributed by atoms with Crippen molar-refractivity contribution in [2.24, 2.45) is 0 Å². The quantitative estimate of drug-likeness (QED) is 0.521. The van der Waals surface area contributed by atoms with Crippen LogP contribution in [0.25, 0.3) is 0 Å². The van der Waals surface area contributed by atoms with E-state index in [1.165, 1.54) is 22.3 Å². The summed E-state index contributed by atoms with van der Waals surface area (Å²) in [5.41, 5.74) is 6.93. The van der Waals surface area contributed by atoms with Gasteiger partial charge in [0, 0.05) is 35.1 Å². The molecular formula is C22H19Cl2NO3. The molecule has 0 fully saturated rings. The van der Waals surface area contributed by atoms with Crippen molar-refractivity contribution in [3.05, 3.63) is 80.0 Å². The van der Waals surface area contributed by atoms with Gasteiger partial charge in [0.1, 0.15) is 0 Å². The summed E-state index contributed by atoms with van der Waals surface area (Å²) in [4.78, 5) is 12.0.